The minimum Gasteiger partial charge on any atom is -0.481 e. The summed E-state index contributed by atoms with van der Waals surface area (Å²) in [6, 6.07) is 9.03. The quantitative estimate of drug-likeness (QED) is 0.755. The van der Waals surface area contributed by atoms with E-state index in [1.165, 1.54) is 0 Å². The van der Waals surface area contributed by atoms with Crippen LogP contribution in [0.3, 0.4) is 0 Å². The predicted octanol–water partition coefficient (Wildman–Crippen LogP) is 2.20. The highest BCUT2D eigenvalue weighted by Crippen LogP contribution is 2.16. The van der Waals surface area contributed by atoms with E-state index in [1.54, 1.807) is 12.1 Å². The lowest BCUT2D eigenvalue weighted by Gasteiger charge is -2.21. The van der Waals surface area contributed by atoms with Gasteiger partial charge in [0.15, 0.2) is 0 Å². The molecule has 1 amide bonds. The van der Waals surface area contributed by atoms with Gasteiger partial charge in [-0.2, -0.15) is 5.10 Å². The molecular weight excluding hydrogens is 332 g/mol. The van der Waals surface area contributed by atoms with E-state index in [-0.39, 0.29) is 18.9 Å². The van der Waals surface area contributed by atoms with Crippen LogP contribution in [0.2, 0.25) is 0 Å². The van der Waals surface area contributed by atoms with E-state index < -0.39 is 11.9 Å². The molecule has 1 aromatic heterocycles. The summed E-state index contributed by atoms with van der Waals surface area (Å²) >= 11 is 0. The summed E-state index contributed by atoms with van der Waals surface area (Å²) in [5.41, 5.74) is 3.75. The standard InChI is InChI=1S/C19H26N4O3/c1-13-17(14(2)23(4)21-13)12-22(3)11-15(19(25)26)10-18(24)20-16-8-6-5-7-9-16/h5-9,15H,10-12H2,1-4H3,(H,20,24)(H,25,26)/t15-/m1/s1. The number of nitrogens with one attached hydrogen (secondary N) is 1. The molecular formula is C19H26N4O3. The minimum atomic E-state index is -0.973. The number of carbonyl (C=O) groups excluding carboxylic acids is 1. The van der Waals surface area contributed by atoms with Crippen LogP contribution in [0.15, 0.2) is 30.3 Å². The first kappa shape index (κ1) is 19.7. The Bertz CT molecular complexity index is 771. The molecule has 0 unspecified atom stereocenters. The van der Waals surface area contributed by atoms with Crippen molar-refractivity contribution in [3.05, 3.63) is 47.3 Å². The van der Waals surface area contributed by atoms with Crippen molar-refractivity contribution in [3.8, 4) is 0 Å². The topological polar surface area (TPSA) is 87.5 Å². The zero-order valence-corrected chi connectivity index (χ0v) is 15.7. The number of nitrogens with zero attached hydrogens (tertiary/aromatic N) is 3. The molecule has 1 aromatic carbocycles. The lowest BCUT2D eigenvalue weighted by molar-refractivity contribution is -0.144. The van der Waals surface area contributed by atoms with Crippen LogP contribution in [0.1, 0.15) is 23.4 Å². The molecule has 140 valence electrons. The van der Waals surface area contributed by atoms with Gasteiger partial charge in [-0.1, -0.05) is 18.2 Å². The fraction of sp³-hybridized carbons (Fsp3) is 0.421. The van der Waals surface area contributed by atoms with E-state index in [2.05, 4.69) is 10.4 Å². The van der Waals surface area contributed by atoms with Crippen LogP contribution in [-0.2, 0) is 23.2 Å². The Labute approximate surface area is 153 Å². The molecule has 2 rings (SSSR count). The Balaban J connectivity index is 1.96. The Morgan fingerprint density at radius 3 is 2.46 bits per heavy atom. The summed E-state index contributed by atoms with van der Waals surface area (Å²) in [6.45, 7) is 4.81. The number of aryl methyl sites for hydroxylation is 2. The van der Waals surface area contributed by atoms with Crippen molar-refractivity contribution < 1.29 is 14.7 Å². The third-order valence-corrected chi connectivity index (χ3v) is 4.46. The van der Waals surface area contributed by atoms with Crippen LogP contribution < -0.4 is 5.32 Å². The molecule has 26 heavy (non-hydrogen) atoms. The first-order chi connectivity index (χ1) is 12.3. The molecule has 2 aromatic rings. The summed E-state index contributed by atoms with van der Waals surface area (Å²) < 4.78 is 1.82. The van der Waals surface area contributed by atoms with Gasteiger partial charge in [0.1, 0.15) is 0 Å². The number of rotatable bonds is 8. The second-order valence-corrected chi connectivity index (χ2v) is 6.62. The number of aliphatic carboxylic acids is 1. The maximum absolute atomic E-state index is 12.2. The van der Waals surface area contributed by atoms with Gasteiger partial charge in [0.2, 0.25) is 5.91 Å². The highest BCUT2D eigenvalue weighted by Gasteiger charge is 2.24. The highest BCUT2D eigenvalue weighted by molar-refractivity contribution is 5.93. The molecule has 0 aliphatic carbocycles. The summed E-state index contributed by atoms with van der Waals surface area (Å²) in [4.78, 5) is 25.7. The number of benzene rings is 1. The van der Waals surface area contributed by atoms with Gasteiger partial charge in [-0.3, -0.25) is 14.3 Å². The molecule has 1 atom stereocenters. The van der Waals surface area contributed by atoms with Crippen LogP contribution in [0.25, 0.3) is 0 Å². The Hall–Kier alpha value is -2.67. The predicted molar refractivity (Wildman–Crippen MR) is 99.8 cm³/mol. The van der Waals surface area contributed by atoms with E-state index >= 15 is 0 Å². The lowest BCUT2D eigenvalue weighted by atomic mass is 10.0. The van der Waals surface area contributed by atoms with Gasteiger partial charge in [0.25, 0.3) is 0 Å². The fourth-order valence-electron chi connectivity index (χ4n) is 2.94. The number of para-hydroxylation sites is 1. The number of aromatic nitrogens is 2. The third kappa shape index (κ3) is 5.16. The van der Waals surface area contributed by atoms with Crippen molar-refractivity contribution in [1.29, 1.82) is 0 Å². The molecule has 0 spiro atoms. The van der Waals surface area contributed by atoms with Gasteiger partial charge in [-0.25, -0.2) is 0 Å². The first-order valence-corrected chi connectivity index (χ1v) is 8.53. The molecule has 0 saturated heterocycles. The normalized spacial score (nSPS) is 12.2. The van der Waals surface area contributed by atoms with E-state index in [0.717, 1.165) is 17.0 Å². The minimum absolute atomic E-state index is 0.0699. The summed E-state index contributed by atoms with van der Waals surface area (Å²) in [5, 5.41) is 16.6. The van der Waals surface area contributed by atoms with Crippen LogP contribution in [0.5, 0.6) is 0 Å². The molecule has 7 nitrogen and oxygen atoms in total. The first-order valence-electron chi connectivity index (χ1n) is 8.53. The van der Waals surface area contributed by atoms with Crippen LogP contribution in [-0.4, -0.2) is 45.3 Å². The van der Waals surface area contributed by atoms with Crippen LogP contribution in [0, 0.1) is 19.8 Å². The number of carbonyl (C=O) groups is 2. The van der Waals surface area contributed by atoms with Gasteiger partial charge in [0, 0.05) is 43.5 Å². The van der Waals surface area contributed by atoms with Crippen LogP contribution in [0.4, 0.5) is 5.69 Å². The second kappa shape index (κ2) is 8.62. The third-order valence-electron chi connectivity index (χ3n) is 4.46. The number of hydrogen-bond donors (Lipinski definition) is 2. The molecule has 0 saturated carbocycles. The maximum Gasteiger partial charge on any atom is 0.308 e. The summed E-state index contributed by atoms with van der Waals surface area (Å²) in [6.07, 6.45) is -0.0699. The average Bonchev–Trinajstić information content (AvgIpc) is 2.81. The Morgan fingerprint density at radius 2 is 1.92 bits per heavy atom. The van der Waals surface area contributed by atoms with Gasteiger partial charge in [-0.05, 0) is 33.0 Å². The maximum atomic E-state index is 12.2. The van der Waals surface area contributed by atoms with Crippen molar-refractivity contribution in [3.63, 3.8) is 0 Å². The molecule has 0 aliphatic rings. The highest BCUT2D eigenvalue weighted by atomic mass is 16.4. The summed E-state index contributed by atoms with van der Waals surface area (Å²) in [5.74, 6) is -2.05. The zero-order valence-electron chi connectivity index (χ0n) is 15.7. The number of carboxylic acids is 1. The second-order valence-electron chi connectivity index (χ2n) is 6.62. The van der Waals surface area contributed by atoms with E-state index in [4.69, 9.17) is 0 Å². The zero-order chi connectivity index (χ0) is 19.3. The number of amides is 1. The van der Waals surface area contributed by atoms with E-state index in [0.29, 0.717) is 12.2 Å². The van der Waals surface area contributed by atoms with Crippen LogP contribution >= 0.6 is 0 Å². The smallest absolute Gasteiger partial charge is 0.308 e. The van der Waals surface area contributed by atoms with Crippen molar-refractivity contribution in [2.24, 2.45) is 13.0 Å². The molecule has 0 aliphatic heterocycles. The van der Waals surface area contributed by atoms with Crippen molar-refractivity contribution in [2.45, 2.75) is 26.8 Å². The van der Waals surface area contributed by atoms with Crippen molar-refractivity contribution in [1.82, 2.24) is 14.7 Å². The number of carboxylic acid groups (broad SMARTS) is 1. The van der Waals surface area contributed by atoms with Gasteiger partial charge in [-0.15, -0.1) is 0 Å². The van der Waals surface area contributed by atoms with E-state index in [9.17, 15) is 14.7 Å². The monoisotopic (exact) mass is 358 g/mol. The summed E-state index contributed by atoms with van der Waals surface area (Å²) in [7, 11) is 3.75. The molecule has 1 heterocycles. The van der Waals surface area contributed by atoms with Crippen molar-refractivity contribution in [2.75, 3.05) is 18.9 Å². The molecule has 0 radical (unpaired) electrons. The Morgan fingerprint density at radius 1 is 1.27 bits per heavy atom. The largest absolute Gasteiger partial charge is 0.481 e. The number of hydrogen-bond acceptors (Lipinski definition) is 4. The molecule has 0 bridgehead atoms. The number of anilines is 1. The average molecular weight is 358 g/mol. The van der Waals surface area contributed by atoms with Gasteiger partial charge in [0.05, 0.1) is 11.6 Å². The molecule has 0 fully saturated rings. The molecule has 2 N–H and O–H groups in total. The van der Waals surface area contributed by atoms with Gasteiger partial charge >= 0.3 is 5.97 Å². The molecule has 7 heteroatoms. The Kier molecular flexibility index (Phi) is 6.52. The van der Waals surface area contributed by atoms with Gasteiger partial charge < -0.3 is 15.3 Å². The van der Waals surface area contributed by atoms with Crippen molar-refractivity contribution >= 4 is 17.6 Å². The lowest BCUT2D eigenvalue weighted by Crippen LogP contribution is -2.33. The van der Waals surface area contributed by atoms with E-state index in [1.807, 2.05) is 55.7 Å². The SMILES string of the molecule is Cc1nn(C)c(C)c1CN(C)C[C@@H](CC(=O)Nc1ccccc1)C(=O)O. The fourth-order valence-corrected chi connectivity index (χ4v) is 2.94.